The summed E-state index contributed by atoms with van der Waals surface area (Å²) in [4.78, 5) is 0. The number of rotatable bonds is 6. The summed E-state index contributed by atoms with van der Waals surface area (Å²) >= 11 is 0. The highest BCUT2D eigenvalue weighted by atomic mass is 32.2. The van der Waals surface area contributed by atoms with Crippen molar-refractivity contribution in [2.24, 2.45) is 0 Å². The van der Waals surface area contributed by atoms with Crippen molar-refractivity contribution in [3.05, 3.63) is 29.8 Å². The van der Waals surface area contributed by atoms with Crippen LogP contribution in [0.1, 0.15) is 24.8 Å². The maximum atomic E-state index is 12.2. The predicted octanol–water partition coefficient (Wildman–Crippen LogP) is 1.79. The molecule has 1 N–H and O–H groups in total. The van der Waals surface area contributed by atoms with Gasteiger partial charge in [-0.3, -0.25) is 0 Å². The lowest BCUT2D eigenvalue weighted by Crippen LogP contribution is -2.40. The average molecular weight is 297 g/mol. The zero-order valence-corrected chi connectivity index (χ0v) is 12.8. The second-order valence-corrected chi connectivity index (χ2v) is 7.59. The van der Waals surface area contributed by atoms with E-state index in [1.165, 1.54) is 0 Å². The fraction of sp³-hybridized carbons (Fsp3) is 0.600. The molecule has 1 aromatic rings. The summed E-state index contributed by atoms with van der Waals surface area (Å²) in [7, 11) is -1.39. The Labute approximate surface area is 121 Å². The van der Waals surface area contributed by atoms with Crippen molar-refractivity contribution in [2.75, 3.05) is 25.2 Å². The van der Waals surface area contributed by atoms with Crippen LogP contribution in [0, 0.1) is 0 Å². The third-order valence-corrected chi connectivity index (χ3v) is 5.44. The van der Waals surface area contributed by atoms with Crippen molar-refractivity contribution in [1.82, 2.24) is 5.32 Å². The molecule has 1 aromatic carbocycles. The van der Waals surface area contributed by atoms with E-state index in [1.807, 2.05) is 24.3 Å². The number of hydrogen-bond acceptors (Lipinski definition) is 4. The van der Waals surface area contributed by atoms with E-state index in [0.29, 0.717) is 6.42 Å². The Hall–Kier alpha value is -1.07. The fourth-order valence-corrected chi connectivity index (χ4v) is 4.17. The van der Waals surface area contributed by atoms with Crippen molar-refractivity contribution >= 4 is 9.84 Å². The molecule has 1 unspecified atom stereocenters. The van der Waals surface area contributed by atoms with Gasteiger partial charge >= 0.3 is 0 Å². The van der Waals surface area contributed by atoms with Crippen LogP contribution in [0.25, 0.3) is 0 Å². The van der Waals surface area contributed by atoms with E-state index in [0.717, 1.165) is 37.1 Å². The molecule has 1 atom stereocenters. The standard InChI is InChI=1S/C15H23NO3S/c1-19-15-7-4-5-13(11-15)8-10-20(17,18)12-14-6-2-3-9-16-14/h4-5,7,11,14,16H,2-3,6,8-10,12H2,1H3. The number of piperidine rings is 1. The molecule has 1 saturated heterocycles. The van der Waals surface area contributed by atoms with Crippen LogP contribution in [-0.4, -0.2) is 39.6 Å². The summed E-state index contributed by atoms with van der Waals surface area (Å²) in [6.07, 6.45) is 3.80. The van der Waals surface area contributed by atoms with Crippen molar-refractivity contribution in [2.45, 2.75) is 31.7 Å². The summed E-state index contributed by atoms with van der Waals surface area (Å²) in [6.45, 7) is 0.941. The van der Waals surface area contributed by atoms with Gasteiger partial charge in [0.2, 0.25) is 0 Å². The summed E-state index contributed by atoms with van der Waals surface area (Å²) in [5.74, 6) is 1.24. The zero-order chi connectivity index (χ0) is 14.4. The molecule has 0 aliphatic carbocycles. The SMILES string of the molecule is COc1cccc(CCS(=O)(=O)CC2CCCCN2)c1. The Bertz CT molecular complexity index is 522. The van der Waals surface area contributed by atoms with Gasteiger partial charge in [-0.2, -0.15) is 0 Å². The molecular weight excluding hydrogens is 274 g/mol. The Kier molecular flexibility index (Phi) is 5.43. The number of nitrogens with one attached hydrogen (secondary N) is 1. The van der Waals surface area contributed by atoms with Gasteiger partial charge in [0.1, 0.15) is 5.75 Å². The first-order chi connectivity index (χ1) is 9.59. The van der Waals surface area contributed by atoms with E-state index in [1.54, 1.807) is 7.11 Å². The number of methoxy groups -OCH3 is 1. The van der Waals surface area contributed by atoms with Crippen molar-refractivity contribution in [3.63, 3.8) is 0 Å². The largest absolute Gasteiger partial charge is 0.497 e. The van der Waals surface area contributed by atoms with Gasteiger partial charge in [0.15, 0.2) is 9.84 Å². The first-order valence-corrected chi connectivity index (χ1v) is 8.98. The van der Waals surface area contributed by atoms with Gasteiger partial charge in [0.25, 0.3) is 0 Å². The third-order valence-electron chi connectivity index (χ3n) is 3.70. The number of aryl methyl sites for hydroxylation is 1. The Balaban J connectivity index is 1.87. The van der Waals surface area contributed by atoms with Crippen molar-refractivity contribution in [1.29, 1.82) is 0 Å². The van der Waals surface area contributed by atoms with Crippen LogP contribution in [0.5, 0.6) is 5.75 Å². The average Bonchev–Trinajstić information content (AvgIpc) is 2.46. The fourth-order valence-electron chi connectivity index (χ4n) is 2.56. The van der Waals surface area contributed by atoms with Gasteiger partial charge in [-0.25, -0.2) is 8.42 Å². The molecule has 0 saturated carbocycles. The predicted molar refractivity (Wildman–Crippen MR) is 81.0 cm³/mol. The highest BCUT2D eigenvalue weighted by Gasteiger charge is 2.20. The molecule has 1 aliphatic rings. The first-order valence-electron chi connectivity index (χ1n) is 7.16. The van der Waals surface area contributed by atoms with E-state index in [4.69, 9.17) is 4.74 Å². The second-order valence-electron chi connectivity index (χ2n) is 5.36. The number of benzene rings is 1. The minimum Gasteiger partial charge on any atom is -0.497 e. The summed E-state index contributed by atoms with van der Waals surface area (Å²) in [6, 6.07) is 7.73. The number of ether oxygens (including phenoxy) is 1. The molecule has 2 rings (SSSR count). The molecular formula is C15H23NO3S. The summed E-state index contributed by atoms with van der Waals surface area (Å²) < 4.78 is 29.5. The molecule has 5 heteroatoms. The van der Waals surface area contributed by atoms with E-state index in [2.05, 4.69) is 5.32 Å². The van der Waals surface area contributed by atoms with E-state index in [-0.39, 0.29) is 17.5 Å². The molecule has 4 nitrogen and oxygen atoms in total. The number of hydrogen-bond donors (Lipinski definition) is 1. The lowest BCUT2D eigenvalue weighted by molar-refractivity contribution is 0.414. The monoisotopic (exact) mass is 297 g/mol. The van der Waals surface area contributed by atoms with Crippen LogP contribution in [0.15, 0.2) is 24.3 Å². The van der Waals surface area contributed by atoms with E-state index in [9.17, 15) is 8.42 Å². The third kappa shape index (κ3) is 4.80. The molecule has 1 fully saturated rings. The van der Waals surface area contributed by atoms with Crippen LogP contribution < -0.4 is 10.1 Å². The molecule has 0 radical (unpaired) electrons. The van der Waals surface area contributed by atoms with E-state index < -0.39 is 9.84 Å². The van der Waals surface area contributed by atoms with Gasteiger partial charge in [-0.05, 0) is 43.5 Å². The van der Waals surface area contributed by atoms with Gasteiger partial charge in [-0.1, -0.05) is 18.6 Å². The lowest BCUT2D eigenvalue weighted by Gasteiger charge is -2.23. The van der Waals surface area contributed by atoms with Crippen LogP contribution in [-0.2, 0) is 16.3 Å². The molecule has 1 aliphatic heterocycles. The van der Waals surface area contributed by atoms with Gasteiger partial charge < -0.3 is 10.1 Å². The second kappa shape index (κ2) is 7.09. The van der Waals surface area contributed by atoms with Crippen LogP contribution in [0.3, 0.4) is 0 Å². The minimum atomic E-state index is -3.00. The maximum Gasteiger partial charge on any atom is 0.152 e. The van der Waals surface area contributed by atoms with Gasteiger partial charge in [0.05, 0.1) is 18.6 Å². The van der Waals surface area contributed by atoms with E-state index >= 15 is 0 Å². The Morgan fingerprint density at radius 3 is 2.90 bits per heavy atom. The highest BCUT2D eigenvalue weighted by molar-refractivity contribution is 7.91. The molecule has 112 valence electrons. The van der Waals surface area contributed by atoms with Gasteiger partial charge in [-0.15, -0.1) is 0 Å². The molecule has 0 spiro atoms. The smallest absolute Gasteiger partial charge is 0.152 e. The zero-order valence-electron chi connectivity index (χ0n) is 12.0. The van der Waals surface area contributed by atoms with Crippen LogP contribution in [0.2, 0.25) is 0 Å². The quantitative estimate of drug-likeness (QED) is 0.870. The van der Waals surface area contributed by atoms with Crippen molar-refractivity contribution < 1.29 is 13.2 Å². The first kappa shape index (κ1) is 15.3. The van der Waals surface area contributed by atoms with Crippen LogP contribution >= 0.6 is 0 Å². The van der Waals surface area contributed by atoms with Crippen molar-refractivity contribution in [3.8, 4) is 5.75 Å². The molecule has 0 bridgehead atoms. The molecule has 20 heavy (non-hydrogen) atoms. The highest BCUT2D eigenvalue weighted by Crippen LogP contribution is 2.15. The maximum absolute atomic E-state index is 12.2. The minimum absolute atomic E-state index is 0.138. The summed E-state index contributed by atoms with van der Waals surface area (Å²) in [5.41, 5.74) is 1.00. The Morgan fingerprint density at radius 2 is 2.20 bits per heavy atom. The lowest BCUT2D eigenvalue weighted by atomic mass is 10.1. The molecule has 1 heterocycles. The Morgan fingerprint density at radius 1 is 1.35 bits per heavy atom. The molecule has 0 amide bonds. The summed E-state index contributed by atoms with van der Waals surface area (Å²) in [5, 5.41) is 3.29. The normalized spacial score (nSPS) is 19.8. The van der Waals surface area contributed by atoms with Crippen LogP contribution in [0.4, 0.5) is 0 Å². The van der Waals surface area contributed by atoms with Gasteiger partial charge in [0, 0.05) is 6.04 Å². The number of sulfone groups is 1. The topological polar surface area (TPSA) is 55.4 Å². The molecule has 0 aromatic heterocycles.